The van der Waals surface area contributed by atoms with Crippen LogP contribution in [0.1, 0.15) is 33.1 Å². The van der Waals surface area contributed by atoms with Gasteiger partial charge in [-0.05, 0) is 45.2 Å². The second kappa shape index (κ2) is 6.44. The summed E-state index contributed by atoms with van der Waals surface area (Å²) in [6.45, 7) is 3.95. The van der Waals surface area contributed by atoms with E-state index in [0.717, 1.165) is 19.3 Å². The number of carbonyl (C=O) groups excluding carboxylic acids is 1. The summed E-state index contributed by atoms with van der Waals surface area (Å²) in [5.74, 6) is 0. The van der Waals surface area contributed by atoms with Crippen molar-refractivity contribution in [3.63, 3.8) is 0 Å². The summed E-state index contributed by atoms with van der Waals surface area (Å²) in [5, 5.41) is 0. The molecule has 7 heteroatoms. The van der Waals surface area contributed by atoms with Gasteiger partial charge in [-0.3, -0.25) is 5.43 Å². The molecule has 6 nitrogen and oxygen atoms in total. The molecule has 1 fully saturated rings. The van der Waals surface area contributed by atoms with E-state index in [4.69, 9.17) is 0 Å². The summed E-state index contributed by atoms with van der Waals surface area (Å²) in [6, 6.07) is 7.74. The van der Waals surface area contributed by atoms with Crippen LogP contribution in [-0.2, 0) is 10.0 Å². The van der Waals surface area contributed by atoms with Gasteiger partial charge in [0.15, 0.2) is 0 Å². The van der Waals surface area contributed by atoms with E-state index in [-0.39, 0.29) is 17.0 Å². The fourth-order valence-corrected chi connectivity index (χ4v) is 3.51. The zero-order valence-corrected chi connectivity index (χ0v) is 13.1. The van der Waals surface area contributed by atoms with E-state index in [2.05, 4.69) is 10.3 Å². The maximum Gasteiger partial charge on any atom is 0.333 e. The third-order valence-electron chi connectivity index (χ3n) is 3.77. The van der Waals surface area contributed by atoms with Crippen molar-refractivity contribution in [2.45, 2.75) is 50.1 Å². The first-order valence-corrected chi connectivity index (χ1v) is 8.55. The molecule has 1 aliphatic rings. The van der Waals surface area contributed by atoms with Gasteiger partial charge in [0.2, 0.25) is 0 Å². The molecule has 1 aromatic carbocycles. The standard InChI is InChI=1S/C14H21N3O3S/c1-11-7-6-8-12(2)17(11)14(18)15-16-21(19,20)13-9-4-3-5-10-13/h3-5,9-12,16H,6-8H2,1-2H3,(H,15,18). The molecule has 2 unspecified atom stereocenters. The van der Waals surface area contributed by atoms with Crippen molar-refractivity contribution in [3.8, 4) is 0 Å². The molecule has 0 aromatic heterocycles. The molecular formula is C14H21N3O3S. The number of rotatable bonds is 3. The second-order valence-corrected chi connectivity index (χ2v) is 7.07. The summed E-state index contributed by atoms with van der Waals surface area (Å²) in [4.78, 5) is 16.1. The maximum absolute atomic E-state index is 12.2. The molecule has 1 aliphatic heterocycles. The van der Waals surface area contributed by atoms with Crippen LogP contribution >= 0.6 is 0 Å². The monoisotopic (exact) mass is 311 g/mol. The van der Waals surface area contributed by atoms with Gasteiger partial charge in [-0.15, -0.1) is 4.83 Å². The van der Waals surface area contributed by atoms with E-state index in [1.165, 1.54) is 12.1 Å². The van der Waals surface area contributed by atoms with Crippen molar-refractivity contribution in [1.82, 2.24) is 15.2 Å². The van der Waals surface area contributed by atoms with E-state index < -0.39 is 16.1 Å². The minimum Gasteiger partial charge on any atom is -0.318 e. The Kier molecular flexibility index (Phi) is 4.84. The van der Waals surface area contributed by atoms with Crippen molar-refractivity contribution in [2.75, 3.05) is 0 Å². The van der Waals surface area contributed by atoms with Crippen LogP contribution in [0.4, 0.5) is 4.79 Å². The first-order chi connectivity index (χ1) is 9.92. The quantitative estimate of drug-likeness (QED) is 0.836. The molecule has 0 radical (unpaired) electrons. The maximum atomic E-state index is 12.2. The van der Waals surface area contributed by atoms with Crippen LogP contribution in [-0.4, -0.2) is 31.4 Å². The number of hydrazine groups is 1. The van der Waals surface area contributed by atoms with Gasteiger partial charge in [-0.2, -0.15) is 0 Å². The predicted molar refractivity (Wildman–Crippen MR) is 79.9 cm³/mol. The molecule has 1 heterocycles. The fourth-order valence-electron chi connectivity index (χ4n) is 2.66. The number of benzene rings is 1. The zero-order chi connectivity index (χ0) is 15.5. The molecule has 1 aromatic rings. The summed E-state index contributed by atoms with van der Waals surface area (Å²) in [6.07, 6.45) is 2.95. The number of sulfonamides is 1. The highest BCUT2D eigenvalue weighted by Gasteiger charge is 2.29. The predicted octanol–water partition coefficient (Wildman–Crippen LogP) is 1.85. The Morgan fingerprint density at radius 1 is 1.14 bits per heavy atom. The smallest absolute Gasteiger partial charge is 0.318 e. The minimum absolute atomic E-state index is 0.106. The Labute approximate surface area is 125 Å². The topological polar surface area (TPSA) is 78.5 Å². The number of amides is 2. The van der Waals surface area contributed by atoms with Gasteiger partial charge in [-0.1, -0.05) is 18.2 Å². The van der Waals surface area contributed by atoms with Crippen LogP contribution in [0.5, 0.6) is 0 Å². The number of hydrogen-bond acceptors (Lipinski definition) is 3. The van der Waals surface area contributed by atoms with Crippen LogP contribution in [0, 0.1) is 0 Å². The number of piperidine rings is 1. The average molecular weight is 311 g/mol. The van der Waals surface area contributed by atoms with Gasteiger partial charge in [0, 0.05) is 12.1 Å². The van der Waals surface area contributed by atoms with Gasteiger partial charge in [0.1, 0.15) is 0 Å². The normalized spacial score (nSPS) is 22.9. The third kappa shape index (κ3) is 3.74. The van der Waals surface area contributed by atoms with E-state index in [1.807, 2.05) is 13.8 Å². The Morgan fingerprint density at radius 3 is 2.29 bits per heavy atom. The highest BCUT2D eigenvalue weighted by Crippen LogP contribution is 2.22. The van der Waals surface area contributed by atoms with Crippen LogP contribution in [0.25, 0.3) is 0 Å². The van der Waals surface area contributed by atoms with E-state index in [9.17, 15) is 13.2 Å². The van der Waals surface area contributed by atoms with E-state index in [0.29, 0.717) is 0 Å². The summed E-state index contributed by atoms with van der Waals surface area (Å²) >= 11 is 0. The Balaban J connectivity index is 2.01. The minimum atomic E-state index is -3.74. The highest BCUT2D eigenvalue weighted by atomic mass is 32.2. The number of carbonyl (C=O) groups is 1. The van der Waals surface area contributed by atoms with Crippen LogP contribution in [0.15, 0.2) is 35.2 Å². The van der Waals surface area contributed by atoms with Gasteiger partial charge in [0.25, 0.3) is 10.0 Å². The van der Waals surface area contributed by atoms with Crippen LogP contribution in [0.3, 0.4) is 0 Å². The number of hydrogen-bond donors (Lipinski definition) is 2. The largest absolute Gasteiger partial charge is 0.333 e. The molecule has 2 atom stereocenters. The molecule has 0 saturated carbocycles. The van der Waals surface area contributed by atoms with Gasteiger partial charge in [-0.25, -0.2) is 13.2 Å². The molecule has 0 spiro atoms. The first-order valence-electron chi connectivity index (χ1n) is 7.07. The lowest BCUT2D eigenvalue weighted by Gasteiger charge is -2.38. The molecule has 0 aliphatic carbocycles. The molecule has 0 bridgehead atoms. The number of nitrogens with one attached hydrogen (secondary N) is 2. The van der Waals surface area contributed by atoms with Gasteiger partial charge in [0.05, 0.1) is 4.90 Å². The molecular weight excluding hydrogens is 290 g/mol. The van der Waals surface area contributed by atoms with Crippen molar-refractivity contribution < 1.29 is 13.2 Å². The molecule has 1 saturated heterocycles. The van der Waals surface area contributed by atoms with E-state index >= 15 is 0 Å². The molecule has 21 heavy (non-hydrogen) atoms. The molecule has 2 rings (SSSR count). The number of likely N-dealkylation sites (tertiary alicyclic amines) is 1. The second-order valence-electron chi connectivity index (χ2n) is 5.38. The lowest BCUT2D eigenvalue weighted by Crippen LogP contribution is -2.55. The van der Waals surface area contributed by atoms with Crippen molar-refractivity contribution >= 4 is 16.1 Å². The first kappa shape index (κ1) is 15.8. The van der Waals surface area contributed by atoms with Crippen molar-refractivity contribution in [1.29, 1.82) is 0 Å². The highest BCUT2D eigenvalue weighted by molar-refractivity contribution is 7.89. The number of nitrogens with zero attached hydrogens (tertiary/aromatic N) is 1. The van der Waals surface area contributed by atoms with E-state index in [1.54, 1.807) is 23.1 Å². The van der Waals surface area contributed by atoms with Crippen molar-refractivity contribution in [2.24, 2.45) is 0 Å². The van der Waals surface area contributed by atoms with Crippen molar-refractivity contribution in [3.05, 3.63) is 30.3 Å². The lowest BCUT2D eigenvalue weighted by atomic mass is 9.98. The third-order valence-corrected chi connectivity index (χ3v) is 5.04. The van der Waals surface area contributed by atoms with Crippen LogP contribution < -0.4 is 10.3 Å². The molecule has 2 N–H and O–H groups in total. The lowest BCUT2D eigenvalue weighted by molar-refractivity contribution is 0.122. The Morgan fingerprint density at radius 2 is 1.71 bits per heavy atom. The Hall–Kier alpha value is -1.60. The molecule has 2 amide bonds. The van der Waals surface area contributed by atoms with Gasteiger partial charge < -0.3 is 4.90 Å². The van der Waals surface area contributed by atoms with Gasteiger partial charge >= 0.3 is 6.03 Å². The number of urea groups is 1. The fraction of sp³-hybridized carbons (Fsp3) is 0.500. The summed E-state index contributed by atoms with van der Waals surface area (Å²) in [5.41, 5.74) is 2.30. The van der Waals surface area contributed by atoms with Crippen LogP contribution in [0.2, 0.25) is 0 Å². The summed E-state index contributed by atoms with van der Waals surface area (Å²) in [7, 11) is -3.74. The SMILES string of the molecule is CC1CCCC(C)N1C(=O)NNS(=O)(=O)c1ccccc1. The Bertz CT molecular complexity index is 579. The summed E-state index contributed by atoms with van der Waals surface area (Å²) < 4.78 is 24.1. The zero-order valence-electron chi connectivity index (χ0n) is 12.2. The molecule has 116 valence electrons. The average Bonchev–Trinajstić information content (AvgIpc) is 2.46.